The maximum atomic E-state index is 12.2. The molecule has 1 aliphatic heterocycles. The Morgan fingerprint density at radius 3 is 2.92 bits per heavy atom. The van der Waals surface area contributed by atoms with E-state index in [0.29, 0.717) is 31.9 Å². The molecule has 1 aromatic carbocycles. The lowest BCUT2D eigenvalue weighted by atomic mass is 10.1. The van der Waals surface area contributed by atoms with Gasteiger partial charge >= 0.3 is 0 Å². The fraction of sp³-hybridized carbons (Fsp3) is 0.368. The van der Waals surface area contributed by atoms with Crippen molar-refractivity contribution in [2.75, 3.05) is 18.4 Å². The Balaban J connectivity index is 1.48. The van der Waals surface area contributed by atoms with Crippen LogP contribution in [0.2, 0.25) is 0 Å². The molecule has 1 aliphatic rings. The summed E-state index contributed by atoms with van der Waals surface area (Å²) in [5.74, 6) is 0.654. The minimum absolute atomic E-state index is 0.0569. The first-order chi connectivity index (χ1) is 12.2. The van der Waals surface area contributed by atoms with Crippen LogP contribution >= 0.6 is 0 Å². The maximum absolute atomic E-state index is 12.2. The topological polar surface area (TPSA) is 71.8 Å². The van der Waals surface area contributed by atoms with Crippen molar-refractivity contribution >= 4 is 17.5 Å². The molecule has 0 unspecified atom stereocenters. The van der Waals surface area contributed by atoms with Crippen LogP contribution < -0.4 is 5.32 Å². The summed E-state index contributed by atoms with van der Waals surface area (Å²) in [6.07, 6.45) is 4.02. The van der Waals surface area contributed by atoms with E-state index in [1.807, 2.05) is 36.4 Å². The van der Waals surface area contributed by atoms with Gasteiger partial charge in [-0.25, -0.2) is 0 Å². The normalized spacial score (nSPS) is 14.6. The first kappa shape index (κ1) is 17.2. The molecule has 3 rings (SSSR count). The number of piperidine rings is 1. The van der Waals surface area contributed by atoms with Gasteiger partial charge in [-0.15, -0.1) is 0 Å². The molecular weight excluding hydrogens is 320 g/mol. The van der Waals surface area contributed by atoms with E-state index in [0.717, 1.165) is 24.2 Å². The molecule has 2 aromatic rings. The summed E-state index contributed by atoms with van der Waals surface area (Å²) in [6, 6.07) is 11.2. The monoisotopic (exact) mass is 342 g/mol. The number of nitrogens with zero attached hydrogens (tertiary/aromatic N) is 1. The Bertz CT molecular complexity index is 712. The molecule has 132 valence electrons. The highest BCUT2D eigenvalue weighted by molar-refractivity contribution is 5.94. The van der Waals surface area contributed by atoms with Gasteiger partial charge in [-0.05, 0) is 42.7 Å². The zero-order valence-electron chi connectivity index (χ0n) is 14.1. The van der Waals surface area contributed by atoms with Gasteiger partial charge in [0, 0.05) is 18.7 Å². The Morgan fingerprint density at radius 1 is 1.20 bits per heavy atom. The standard InChI is InChI=1S/C19H22N2O4/c22-18(12-21-9-2-1-8-19(21)23)20-16-6-3-5-15(11-16)13-24-14-17-7-4-10-25-17/h3-7,10-11H,1-2,8-9,12-14H2,(H,20,22). The molecule has 2 heterocycles. The van der Waals surface area contributed by atoms with E-state index in [9.17, 15) is 9.59 Å². The molecule has 0 radical (unpaired) electrons. The van der Waals surface area contributed by atoms with Crippen molar-refractivity contribution in [3.63, 3.8) is 0 Å². The predicted molar refractivity (Wildman–Crippen MR) is 92.7 cm³/mol. The van der Waals surface area contributed by atoms with Crippen molar-refractivity contribution < 1.29 is 18.7 Å². The predicted octanol–water partition coefficient (Wildman–Crippen LogP) is 2.95. The Labute approximate surface area is 146 Å². The van der Waals surface area contributed by atoms with Crippen LogP contribution in [0.3, 0.4) is 0 Å². The van der Waals surface area contributed by atoms with Crippen LogP contribution in [-0.4, -0.2) is 29.8 Å². The van der Waals surface area contributed by atoms with Crippen molar-refractivity contribution in [3.8, 4) is 0 Å². The summed E-state index contributed by atoms with van der Waals surface area (Å²) in [6.45, 7) is 1.60. The lowest BCUT2D eigenvalue weighted by Gasteiger charge is -2.26. The summed E-state index contributed by atoms with van der Waals surface area (Å²) < 4.78 is 10.8. The van der Waals surface area contributed by atoms with E-state index in [2.05, 4.69) is 5.32 Å². The van der Waals surface area contributed by atoms with Crippen molar-refractivity contribution in [3.05, 3.63) is 54.0 Å². The van der Waals surface area contributed by atoms with E-state index < -0.39 is 0 Å². The highest BCUT2D eigenvalue weighted by atomic mass is 16.5. The fourth-order valence-electron chi connectivity index (χ4n) is 2.81. The average molecular weight is 342 g/mol. The van der Waals surface area contributed by atoms with Gasteiger partial charge in [-0.2, -0.15) is 0 Å². The Kier molecular flexibility index (Phi) is 5.85. The second kappa shape index (κ2) is 8.48. The molecule has 1 fully saturated rings. The molecule has 0 aliphatic carbocycles. The number of hydrogen-bond acceptors (Lipinski definition) is 4. The number of benzene rings is 1. The summed E-state index contributed by atoms with van der Waals surface area (Å²) in [4.78, 5) is 25.6. The third-order valence-corrected chi connectivity index (χ3v) is 4.06. The second-order valence-electron chi connectivity index (χ2n) is 6.09. The molecule has 0 atom stereocenters. The van der Waals surface area contributed by atoms with E-state index in [1.54, 1.807) is 11.2 Å². The van der Waals surface area contributed by atoms with Crippen molar-refractivity contribution in [1.29, 1.82) is 0 Å². The zero-order valence-corrected chi connectivity index (χ0v) is 14.1. The van der Waals surface area contributed by atoms with Crippen LogP contribution in [0.5, 0.6) is 0 Å². The number of ether oxygens (including phenoxy) is 1. The summed E-state index contributed by atoms with van der Waals surface area (Å²) in [5.41, 5.74) is 1.66. The first-order valence-corrected chi connectivity index (χ1v) is 8.47. The van der Waals surface area contributed by atoms with E-state index in [1.165, 1.54) is 0 Å². The maximum Gasteiger partial charge on any atom is 0.243 e. The molecule has 6 nitrogen and oxygen atoms in total. The summed E-state index contributed by atoms with van der Waals surface area (Å²) in [7, 11) is 0. The number of furan rings is 1. The SMILES string of the molecule is O=C(CN1CCCCC1=O)Nc1cccc(COCc2ccco2)c1. The molecule has 6 heteroatoms. The van der Waals surface area contributed by atoms with Gasteiger partial charge in [-0.3, -0.25) is 9.59 Å². The van der Waals surface area contributed by atoms with Crippen LogP contribution in [0, 0.1) is 0 Å². The van der Waals surface area contributed by atoms with Gasteiger partial charge in [0.2, 0.25) is 11.8 Å². The second-order valence-corrected chi connectivity index (χ2v) is 6.09. The fourth-order valence-corrected chi connectivity index (χ4v) is 2.81. The first-order valence-electron chi connectivity index (χ1n) is 8.47. The van der Waals surface area contributed by atoms with Gasteiger partial charge in [0.25, 0.3) is 0 Å². The van der Waals surface area contributed by atoms with Gasteiger partial charge in [0.15, 0.2) is 0 Å². The van der Waals surface area contributed by atoms with Gasteiger partial charge < -0.3 is 19.4 Å². The number of carbonyl (C=O) groups is 2. The molecule has 0 saturated carbocycles. The van der Waals surface area contributed by atoms with Crippen molar-refractivity contribution in [2.45, 2.75) is 32.5 Å². The van der Waals surface area contributed by atoms with E-state index >= 15 is 0 Å². The van der Waals surface area contributed by atoms with Crippen LogP contribution in [0.15, 0.2) is 47.1 Å². The molecule has 2 amide bonds. The van der Waals surface area contributed by atoms with Crippen LogP contribution in [0.1, 0.15) is 30.6 Å². The van der Waals surface area contributed by atoms with Crippen LogP contribution in [-0.2, 0) is 27.5 Å². The van der Waals surface area contributed by atoms with Crippen LogP contribution in [0.4, 0.5) is 5.69 Å². The molecule has 1 aromatic heterocycles. The largest absolute Gasteiger partial charge is 0.467 e. The molecule has 25 heavy (non-hydrogen) atoms. The summed E-state index contributed by atoms with van der Waals surface area (Å²) in [5, 5.41) is 2.85. The third-order valence-electron chi connectivity index (χ3n) is 4.06. The minimum Gasteiger partial charge on any atom is -0.467 e. The number of rotatable bonds is 7. The zero-order chi connectivity index (χ0) is 17.5. The lowest BCUT2D eigenvalue weighted by molar-refractivity contribution is -0.136. The van der Waals surface area contributed by atoms with Gasteiger partial charge in [0.05, 0.1) is 19.4 Å². The number of nitrogens with one attached hydrogen (secondary N) is 1. The lowest BCUT2D eigenvalue weighted by Crippen LogP contribution is -2.40. The third kappa shape index (κ3) is 5.19. The van der Waals surface area contributed by atoms with Crippen molar-refractivity contribution in [1.82, 2.24) is 4.90 Å². The van der Waals surface area contributed by atoms with E-state index in [4.69, 9.17) is 9.15 Å². The number of hydrogen-bond donors (Lipinski definition) is 1. The quantitative estimate of drug-likeness (QED) is 0.840. The number of amides is 2. The number of anilines is 1. The highest BCUT2D eigenvalue weighted by Gasteiger charge is 2.20. The van der Waals surface area contributed by atoms with Gasteiger partial charge in [-0.1, -0.05) is 12.1 Å². The molecule has 1 N–H and O–H groups in total. The molecule has 1 saturated heterocycles. The number of carbonyl (C=O) groups excluding carboxylic acids is 2. The smallest absolute Gasteiger partial charge is 0.243 e. The molecular formula is C19H22N2O4. The Hall–Kier alpha value is -2.60. The Morgan fingerprint density at radius 2 is 2.12 bits per heavy atom. The summed E-state index contributed by atoms with van der Waals surface area (Å²) >= 11 is 0. The minimum atomic E-state index is -0.177. The highest BCUT2D eigenvalue weighted by Crippen LogP contribution is 2.14. The number of likely N-dealkylation sites (tertiary alicyclic amines) is 1. The average Bonchev–Trinajstić information content (AvgIpc) is 3.11. The van der Waals surface area contributed by atoms with Gasteiger partial charge in [0.1, 0.15) is 12.4 Å². The van der Waals surface area contributed by atoms with Crippen LogP contribution in [0.25, 0.3) is 0 Å². The van der Waals surface area contributed by atoms with Crippen molar-refractivity contribution in [2.24, 2.45) is 0 Å². The molecule has 0 spiro atoms. The van der Waals surface area contributed by atoms with E-state index in [-0.39, 0.29) is 18.4 Å². The molecule has 0 bridgehead atoms.